The van der Waals surface area contributed by atoms with E-state index in [4.69, 9.17) is 21.1 Å². The van der Waals surface area contributed by atoms with Crippen LogP contribution in [0.15, 0.2) is 36.4 Å². The van der Waals surface area contributed by atoms with E-state index in [1.54, 1.807) is 47.0 Å². The first-order chi connectivity index (χ1) is 16.9. The summed E-state index contributed by atoms with van der Waals surface area (Å²) in [6.45, 7) is 6.30. The Hall–Kier alpha value is -3.00. The minimum Gasteiger partial charge on any atom is -0.494 e. The number of hydrogen-bond acceptors (Lipinski definition) is 5. The molecule has 0 aliphatic carbocycles. The topological polar surface area (TPSA) is 71.1 Å². The highest BCUT2D eigenvalue weighted by atomic mass is 35.5. The molecule has 2 aromatic rings. The van der Waals surface area contributed by atoms with Crippen LogP contribution in [0.25, 0.3) is 11.1 Å². The van der Waals surface area contributed by atoms with Crippen LogP contribution in [0.2, 0.25) is 0 Å². The van der Waals surface area contributed by atoms with Gasteiger partial charge in [-0.3, -0.25) is 4.79 Å². The highest BCUT2D eigenvalue weighted by Crippen LogP contribution is 2.34. The lowest BCUT2D eigenvalue weighted by molar-refractivity contribution is -0.136. The van der Waals surface area contributed by atoms with E-state index in [0.29, 0.717) is 24.9 Å². The zero-order valence-electron chi connectivity index (χ0n) is 21.8. The second-order valence-corrected chi connectivity index (χ2v) is 10.5. The first kappa shape index (κ1) is 27.6. The standard InChI is InChI=1S/C27H35ClFN3O4/c1-26(2,3)36-25(34)30-27(24(33)31(4)5)12-7-13-32(17-27)22-10-8-18(14-20(22)16-28)19-9-11-23(35-6)21(29)15-19/h8-11,14-15H,7,12-13,16-17H2,1-6H3,(H,30,34). The molecule has 0 radical (unpaired) electrons. The van der Waals surface area contributed by atoms with Crippen molar-refractivity contribution in [1.29, 1.82) is 0 Å². The number of rotatable bonds is 6. The summed E-state index contributed by atoms with van der Waals surface area (Å²) in [5, 5.41) is 2.88. The van der Waals surface area contributed by atoms with Gasteiger partial charge >= 0.3 is 6.09 Å². The SMILES string of the molecule is COc1ccc(-c2ccc(N3CCCC(NC(=O)OC(C)(C)C)(C(=O)N(C)C)C3)c(CCl)c2)cc1F. The predicted octanol–water partition coefficient (Wildman–Crippen LogP) is 5.19. The summed E-state index contributed by atoms with van der Waals surface area (Å²) in [6.07, 6.45) is 0.538. The molecule has 1 N–H and O–H groups in total. The van der Waals surface area contributed by atoms with Crippen molar-refractivity contribution in [1.82, 2.24) is 10.2 Å². The molecule has 1 aliphatic rings. The molecule has 9 heteroatoms. The third-order valence-corrected chi connectivity index (χ3v) is 6.39. The van der Waals surface area contributed by atoms with Crippen LogP contribution in [-0.2, 0) is 15.4 Å². The lowest BCUT2D eigenvalue weighted by Crippen LogP contribution is -2.66. The molecular formula is C27H35ClFN3O4. The first-order valence-electron chi connectivity index (χ1n) is 11.9. The van der Waals surface area contributed by atoms with Crippen LogP contribution >= 0.6 is 11.6 Å². The van der Waals surface area contributed by atoms with E-state index < -0.39 is 23.1 Å². The Labute approximate surface area is 217 Å². The summed E-state index contributed by atoms with van der Waals surface area (Å²) in [6, 6.07) is 10.6. The number of benzene rings is 2. The molecule has 2 amide bonds. The van der Waals surface area contributed by atoms with E-state index in [1.165, 1.54) is 18.1 Å². The number of methoxy groups -OCH3 is 1. The summed E-state index contributed by atoms with van der Waals surface area (Å²) >= 11 is 6.35. The maximum absolute atomic E-state index is 14.3. The Bertz CT molecular complexity index is 1120. The zero-order chi connectivity index (χ0) is 26.7. The van der Waals surface area contributed by atoms with Gasteiger partial charge < -0.3 is 24.6 Å². The van der Waals surface area contributed by atoms with Crippen LogP contribution in [0.4, 0.5) is 14.9 Å². The second kappa shape index (κ2) is 10.9. The monoisotopic (exact) mass is 519 g/mol. The number of likely N-dealkylation sites (N-methyl/N-ethyl adjacent to an activating group) is 1. The van der Waals surface area contributed by atoms with Gasteiger partial charge in [-0.05, 0) is 74.6 Å². The Morgan fingerprint density at radius 3 is 2.42 bits per heavy atom. The maximum Gasteiger partial charge on any atom is 0.408 e. The number of anilines is 1. The van der Waals surface area contributed by atoms with Crippen molar-refractivity contribution in [3.8, 4) is 16.9 Å². The first-order valence-corrected chi connectivity index (χ1v) is 12.4. The maximum atomic E-state index is 14.3. The van der Waals surface area contributed by atoms with E-state index in [0.717, 1.165) is 16.8 Å². The van der Waals surface area contributed by atoms with Crippen LogP contribution < -0.4 is 15.0 Å². The normalized spacial score (nSPS) is 17.9. The van der Waals surface area contributed by atoms with Gasteiger partial charge in [0, 0.05) is 32.2 Å². The zero-order valence-corrected chi connectivity index (χ0v) is 22.5. The van der Waals surface area contributed by atoms with Gasteiger partial charge in [-0.2, -0.15) is 0 Å². The van der Waals surface area contributed by atoms with Gasteiger partial charge in [-0.1, -0.05) is 12.1 Å². The molecule has 1 unspecified atom stereocenters. The molecule has 1 fully saturated rings. The number of amides is 2. The van der Waals surface area contributed by atoms with Gasteiger partial charge in [0.25, 0.3) is 0 Å². The van der Waals surface area contributed by atoms with Crippen molar-refractivity contribution >= 4 is 29.3 Å². The molecule has 0 bridgehead atoms. The number of nitrogens with zero attached hydrogens (tertiary/aromatic N) is 2. The van der Waals surface area contributed by atoms with Crippen molar-refractivity contribution in [2.75, 3.05) is 39.2 Å². The largest absolute Gasteiger partial charge is 0.494 e. The van der Waals surface area contributed by atoms with Crippen molar-refractivity contribution in [2.45, 2.75) is 50.6 Å². The number of hydrogen-bond donors (Lipinski definition) is 1. The fraction of sp³-hybridized carbons (Fsp3) is 0.481. The van der Waals surface area contributed by atoms with Crippen molar-refractivity contribution in [2.24, 2.45) is 0 Å². The number of alkyl carbamates (subject to hydrolysis) is 1. The molecule has 1 heterocycles. The number of alkyl halides is 1. The number of halogens is 2. The Morgan fingerprint density at radius 2 is 1.83 bits per heavy atom. The van der Waals surface area contributed by atoms with E-state index in [9.17, 15) is 14.0 Å². The van der Waals surface area contributed by atoms with Crippen LogP contribution in [0.5, 0.6) is 5.75 Å². The number of nitrogens with one attached hydrogen (secondary N) is 1. The van der Waals surface area contributed by atoms with Crippen LogP contribution in [-0.4, -0.2) is 62.3 Å². The Balaban J connectivity index is 1.93. The van der Waals surface area contributed by atoms with Crippen molar-refractivity contribution in [3.05, 3.63) is 47.8 Å². The molecular weight excluding hydrogens is 485 g/mol. The summed E-state index contributed by atoms with van der Waals surface area (Å²) in [5.74, 6) is -0.230. The summed E-state index contributed by atoms with van der Waals surface area (Å²) < 4.78 is 24.8. The smallest absolute Gasteiger partial charge is 0.408 e. The lowest BCUT2D eigenvalue weighted by atomic mass is 9.86. The van der Waals surface area contributed by atoms with Gasteiger partial charge in [0.05, 0.1) is 13.7 Å². The van der Waals surface area contributed by atoms with E-state index >= 15 is 0 Å². The van der Waals surface area contributed by atoms with Gasteiger partial charge in [0.2, 0.25) is 5.91 Å². The van der Waals surface area contributed by atoms with Gasteiger partial charge in [-0.15, -0.1) is 11.6 Å². The molecule has 0 aromatic heterocycles. The average molecular weight is 520 g/mol. The summed E-state index contributed by atoms with van der Waals surface area (Å²) in [7, 11) is 4.77. The predicted molar refractivity (Wildman–Crippen MR) is 140 cm³/mol. The Kier molecular flexibility index (Phi) is 8.39. The molecule has 1 atom stereocenters. The van der Waals surface area contributed by atoms with Gasteiger partial charge in [-0.25, -0.2) is 9.18 Å². The highest BCUT2D eigenvalue weighted by Gasteiger charge is 2.45. The van der Waals surface area contributed by atoms with E-state index in [2.05, 4.69) is 10.2 Å². The molecule has 1 aliphatic heterocycles. The minimum atomic E-state index is -1.15. The molecule has 3 rings (SSSR count). The number of carbonyl (C=O) groups is 2. The fourth-order valence-corrected chi connectivity index (χ4v) is 4.76. The van der Waals surface area contributed by atoms with Gasteiger partial charge in [0.1, 0.15) is 11.1 Å². The minimum absolute atomic E-state index is 0.181. The third kappa shape index (κ3) is 6.22. The van der Waals surface area contributed by atoms with Crippen LogP contribution in [0.3, 0.4) is 0 Å². The summed E-state index contributed by atoms with van der Waals surface area (Å²) in [5.41, 5.74) is 1.39. The molecule has 196 valence electrons. The molecule has 0 saturated carbocycles. The molecule has 36 heavy (non-hydrogen) atoms. The number of ether oxygens (including phenoxy) is 2. The average Bonchev–Trinajstić information content (AvgIpc) is 2.81. The lowest BCUT2D eigenvalue weighted by Gasteiger charge is -2.44. The van der Waals surface area contributed by atoms with Crippen molar-refractivity contribution in [3.63, 3.8) is 0 Å². The van der Waals surface area contributed by atoms with E-state index in [-0.39, 0.29) is 24.1 Å². The molecule has 2 aromatic carbocycles. The molecule has 1 saturated heterocycles. The number of piperidine rings is 1. The molecule has 0 spiro atoms. The Morgan fingerprint density at radius 1 is 1.17 bits per heavy atom. The highest BCUT2D eigenvalue weighted by molar-refractivity contribution is 6.17. The third-order valence-electron chi connectivity index (χ3n) is 6.10. The molecule has 7 nitrogen and oxygen atoms in total. The van der Waals surface area contributed by atoms with Gasteiger partial charge in [0.15, 0.2) is 11.6 Å². The quantitative estimate of drug-likeness (QED) is 0.532. The second-order valence-electron chi connectivity index (χ2n) is 10.3. The summed E-state index contributed by atoms with van der Waals surface area (Å²) in [4.78, 5) is 29.6. The van der Waals surface area contributed by atoms with Crippen molar-refractivity contribution < 1.29 is 23.5 Å². The van der Waals surface area contributed by atoms with Crippen LogP contribution in [0.1, 0.15) is 39.2 Å². The van der Waals surface area contributed by atoms with Crippen LogP contribution in [0, 0.1) is 5.82 Å². The fourth-order valence-electron chi connectivity index (χ4n) is 4.54. The van der Waals surface area contributed by atoms with E-state index in [1.807, 2.05) is 18.2 Å². The number of carbonyl (C=O) groups excluding carboxylic acids is 2.